The lowest BCUT2D eigenvalue weighted by molar-refractivity contribution is 0.102. The molecule has 0 spiro atoms. The minimum Gasteiger partial charge on any atom is -0.384 e. The molecule has 0 aliphatic carbocycles. The van der Waals surface area contributed by atoms with Crippen LogP contribution in [0.3, 0.4) is 0 Å². The van der Waals surface area contributed by atoms with Crippen LogP contribution in [0.2, 0.25) is 0 Å². The molecule has 2 rings (SSSR count). The number of nitrogens with zero attached hydrogens (tertiary/aromatic N) is 1. The van der Waals surface area contributed by atoms with Gasteiger partial charge < -0.3 is 5.11 Å². The Labute approximate surface area is 125 Å². The van der Waals surface area contributed by atoms with Gasteiger partial charge in [0.25, 0.3) is 5.91 Å². The van der Waals surface area contributed by atoms with E-state index in [1.807, 2.05) is 13.8 Å². The van der Waals surface area contributed by atoms with Crippen LogP contribution in [0.5, 0.6) is 0 Å². The van der Waals surface area contributed by atoms with E-state index in [9.17, 15) is 9.18 Å². The molecule has 6 heteroatoms. The fourth-order valence-electron chi connectivity index (χ4n) is 1.64. The Morgan fingerprint density at radius 3 is 2.86 bits per heavy atom. The van der Waals surface area contributed by atoms with Crippen molar-refractivity contribution in [2.24, 2.45) is 0 Å². The van der Waals surface area contributed by atoms with Gasteiger partial charge in [-0.15, -0.1) is 11.3 Å². The van der Waals surface area contributed by atoms with Crippen LogP contribution in [-0.4, -0.2) is 22.6 Å². The number of rotatable bonds is 2. The number of aromatic nitrogens is 1. The highest BCUT2D eigenvalue weighted by Crippen LogP contribution is 2.22. The molecule has 0 radical (unpaired) electrons. The number of carbonyl (C=O) groups is 1. The molecule has 1 heterocycles. The van der Waals surface area contributed by atoms with Crippen LogP contribution >= 0.6 is 11.3 Å². The number of hydrogen-bond acceptors (Lipinski definition) is 4. The summed E-state index contributed by atoms with van der Waals surface area (Å²) in [5.41, 5.74) is 1.31. The van der Waals surface area contributed by atoms with Crippen LogP contribution in [0.25, 0.3) is 0 Å². The topological polar surface area (TPSA) is 62.2 Å². The smallest absolute Gasteiger partial charge is 0.258 e. The van der Waals surface area contributed by atoms with Crippen molar-refractivity contribution in [1.29, 1.82) is 0 Å². The van der Waals surface area contributed by atoms with Gasteiger partial charge in [0.15, 0.2) is 5.13 Å². The summed E-state index contributed by atoms with van der Waals surface area (Å²) in [5.74, 6) is 4.07. The average molecular weight is 304 g/mol. The summed E-state index contributed by atoms with van der Waals surface area (Å²) in [5, 5.41) is 11.8. The summed E-state index contributed by atoms with van der Waals surface area (Å²) in [4.78, 5) is 17.4. The van der Waals surface area contributed by atoms with E-state index in [0.717, 1.165) is 16.6 Å². The molecule has 0 bridgehead atoms. The standard InChI is InChI=1S/C15H13FN2O2S/c1-9-10(2)21-15(17-9)18-14(20)13-8-12(16)6-5-11(13)4-3-7-19/h5-6,8,19H,7H2,1-2H3,(H,17,18,20). The van der Waals surface area contributed by atoms with Crippen molar-refractivity contribution in [3.8, 4) is 11.8 Å². The Kier molecular flexibility index (Phi) is 4.68. The molecule has 1 aromatic carbocycles. The average Bonchev–Trinajstić information content (AvgIpc) is 2.75. The lowest BCUT2D eigenvalue weighted by Gasteiger charge is -2.04. The quantitative estimate of drug-likeness (QED) is 0.838. The van der Waals surface area contributed by atoms with Crippen LogP contribution in [0.1, 0.15) is 26.5 Å². The van der Waals surface area contributed by atoms with Crippen molar-refractivity contribution in [3.63, 3.8) is 0 Å². The zero-order chi connectivity index (χ0) is 15.4. The second-order valence-electron chi connectivity index (χ2n) is 4.26. The van der Waals surface area contributed by atoms with Gasteiger partial charge in [0.1, 0.15) is 12.4 Å². The summed E-state index contributed by atoms with van der Waals surface area (Å²) >= 11 is 1.35. The van der Waals surface area contributed by atoms with Crippen LogP contribution in [0.15, 0.2) is 18.2 Å². The molecule has 4 nitrogen and oxygen atoms in total. The third-order valence-corrected chi connectivity index (χ3v) is 3.77. The predicted molar refractivity (Wildman–Crippen MR) is 79.9 cm³/mol. The van der Waals surface area contributed by atoms with E-state index in [4.69, 9.17) is 5.11 Å². The van der Waals surface area contributed by atoms with Crippen molar-refractivity contribution in [2.75, 3.05) is 11.9 Å². The fourth-order valence-corrected chi connectivity index (χ4v) is 2.45. The maximum Gasteiger partial charge on any atom is 0.258 e. The van der Waals surface area contributed by atoms with E-state index in [1.54, 1.807) is 0 Å². The third-order valence-electron chi connectivity index (χ3n) is 2.78. The SMILES string of the molecule is Cc1nc(NC(=O)c2cc(F)ccc2C#CCO)sc1C. The van der Waals surface area contributed by atoms with Gasteiger partial charge in [0, 0.05) is 10.4 Å². The molecule has 0 saturated heterocycles. The normalized spacial score (nSPS) is 9.90. The summed E-state index contributed by atoms with van der Waals surface area (Å²) in [6.07, 6.45) is 0. The van der Waals surface area contributed by atoms with E-state index in [-0.39, 0.29) is 12.2 Å². The van der Waals surface area contributed by atoms with E-state index in [0.29, 0.717) is 10.7 Å². The minimum absolute atomic E-state index is 0.112. The Morgan fingerprint density at radius 1 is 1.48 bits per heavy atom. The molecule has 108 valence electrons. The number of halogens is 1. The highest BCUT2D eigenvalue weighted by molar-refractivity contribution is 7.15. The number of thiazole rings is 1. The van der Waals surface area contributed by atoms with Crippen molar-refractivity contribution < 1.29 is 14.3 Å². The first-order chi connectivity index (χ1) is 10.0. The summed E-state index contributed by atoms with van der Waals surface area (Å²) in [6, 6.07) is 3.74. The molecule has 2 aromatic rings. The monoisotopic (exact) mass is 304 g/mol. The largest absolute Gasteiger partial charge is 0.384 e. The molecule has 21 heavy (non-hydrogen) atoms. The van der Waals surface area contributed by atoms with Gasteiger partial charge in [-0.1, -0.05) is 11.8 Å². The number of nitrogens with one attached hydrogen (secondary N) is 1. The molecule has 1 amide bonds. The number of aliphatic hydroxyl groups excluding tert-OH is 1. The third kappa shape index (κ3) is 3.66. The number of benzene rings is 1. The lowest BCUT2D eigenvalue weighted by Crippen LogP contribution is -2.13. The fraction of sp³-hybridized carbons (Fsp3) is 0.200. The van der Waals surface area contributed by atoms with Gasteiger partial charge in [0.2, 0.25) is 0 Å². The van der Waals surface area contributed by atoms with Crippen LogP contribution < -0.4 is 5.32 Å². The lowest BCUT2D eigenvalue weighted by atomic mass is 10.1. The van der Waals surface area contributed by atoms with Crippen LogP contribution in [-0.2, 0) is 0 Å². The maximum absolute atomic E-state index is 13.3. The van der Waals surface area contributed by atoms with Gasteiger partial charge in [-0.3, -0.25) is 10.1 Å². The van der Waals surface area contributed by atoms with E-state index in [1.165, 1.54) is 23.5 Å². The first kappa shape index (κ1) is 15.2. The van der Waals surface area contributed by atoms with Gasteiger partial charge in [0.05, 0.1) is 11.3 Å². The molecular formula is C15H13FN2O2S. The Morgan fingerprint density at radius 2 is 2.24 bits per heavy atom. The molecule has 0 atom stereocenters. The van der Waals surface area contributed by atoms with E-state index < -0.39 is 11.7 Å². The van der Waals surface area contributed by atoms with Crippen molar-refractivity contribution in [3.05, 3.63) is 45.7 Å². The van der Waals surface area contributed by atoms with Crippen LogP contribution in [0, 0.1) is 31.5 Å². The van der Waals surface area contributed by atoms with Gasteiger partial charge in [-0.25, -0.2) is 9.37 Å². The number of anilines is 1. The molecule has 1 aromatic heterocycles. The Bertz CT molecular complexity index is 724. The highest BCUT2D eigenvalue weighted by atomic mass is 32.1. The van der Waals surface area contributed by atoms with Crippen molar-refractivity contribution >= 4 is 22.4 Å². The molecular weight excluding hydrogens is 291 g/mol. The highest BCUT2D eigenvalue weighted by Gasteiger charge is 2.14. The zero-order valence-electron chi connectivity index (χ0n) is 11.5. The van der Waals surface area contributed by atoms with Crippen LogP contribution in [0.4, 0.5) is 9.52 Å². The number of hydrogen-bond donors (Lipinski definition) is 2. The second kappa shape index (κ2) is 6.48. The summed E-state index contributed by atoms with van der Waals surface area (Å²) in [7, 11) is 0. The zero-order valence-corrected chi connectivity index (χ0v) is 12.3. The Hall–Kier alpha value is -2.23. The molecule has 0 fully saturated rings. The number of carbonyl (C=O) groups excluding carboxylic acids is 1. The first-order valence-corrected chi connectivity index (χ1v) is 6.97. The van der Waals surface area contributed by atoms with Gasteiger partial charge >= 0.3 is 0 Å². The summed E-state index contributed by atoms with van der Waals surface area (Å²) < 4.78 is 13.3. The van der Waals surface area contributed by atoms with Gasteiger partial charge in [-0.05, 0) is 32.0 Å². The first-order valence-electron chi connectivity index (χ1n) is 6.16. The number of aryl methyl sites for hydroxylation is 2. The molecule has 0 saturated carbocycles. The van der Waals surface area contributed by atoms with Crippen molar-refractivity contribution in [2.45, 2.75) is 13.8 Å². The molecule has 0 aliphatic heterocycles. The molecule has 2 N–H and O–H groups in total. The van der Waals surface area contributed by atoms with E-state index in [2.05, 4.69) is 22.1 Å². The number of aliphatic hydroxyl groups is 1. The second-order valence-corrected chi connectivity index (χ2v) is 5.47. The summed E-state index contributed by atoms with van der Waals surface area (Å²) in [6.45, 7) is 3.42. The number of amides is 1. The molecule has 0 aliphatic rings. The van der Waals surface area contributed by atoms with E-state index >= 15 is 0 Å². The maximum atomic E-state index is 13.3. The molecule has 0 unspecified atom stereocenters. The Balaban J connectivity index is 2.31. The minimum atomic E-state index is -0.527. The van der Waals surface area contributed by atoms with Crippen molar-refractivity contribution in [1.82, 2.24) is 4.98 Å². The predicted octanol–water partition coefficient (Wildman–Crippen LogP) is 2.50. The van der Waals surface area contributed by atoms with Gasteiger partial charge in [-0.2, -0.15) is 0 Å².